The minimum absolute atomic E-state index is 0.0553. The lowest BCUT2D eigenvalue weighted by Crippen LogP contribution is -2.31. The number of methoxy groups -OCH3 is 1. The minimum Gasteiger partial charge on any atom is -0.497 e. The number of ether oxygens (including phenoxy) is 2. The van der Waals surface area contributed by atoms with Crippen molar-refractivity contribution < 1.29 is 14.6 Å². The number of unbranched alkanes of at least 4 members (excludes halogenated alkanes) is 1. The molecule has 2 aromatic rings. The standard InChI is InChI=1S/C22H30N4O4/c1-29-17-7-8-20-18(15-17)19(9-14-30-20)23-26-16-21(27)25(22(26)28)13-6-5-12-24-10-3-2-4-11-24/h7-8,15-16,27H,2-6,9-14H2,1H3/b23-19+. The normalized spacial score (nSPS) is 18.2. The van der Waals surface area contributed by atoms with Crippen molar-refractivity contribution in [1.29, 1.82) is 0 Å². The van der Waals surface area contributed by atoms with Crippen LogP contribution in [0.5, 0.6) is 17.4 Å². The number of piperidine rings is 1. The molecule has 2 aliphatic heterocycles. The van der Waals surface area contributed by atoms with E-state index in [2.05, 4.69) is 10.0 Å². The molecule has 1 N–H and O–H groups in total. The van der Waals surface area contributed by atoms with Gasteiger partial charge >= 0.3 is 5.69 Å². The van der Waals surface area contributed by atoms with Crippen LogP contribution in [0, 0.1) is 0 Å². The van der Waals surface area contributed by atoms with Gasteiger partial charge in [0.15, 0.2) is 0 Å². The molecule has 1 fully saturated rings. The van der Waals surface area contributed by atoms with Crippen molar-refractivity contribution in [2.45, 2.75) is 45.1 Å². The van der Waals surface area contributed by atoms with Gasteiger partial charge in [0.25, 0.3) is 0 Å². The lowest BCUT2D eigenvalue weighted by molar-refractivity contribution is 0.223. The molecule has 0 unspecified atom stereocenters. The summed E-state index contributed by atoms with van der Waals surface area (Å²) in [6, 6.07) is 5.53. The van der Waals surface area contributed by atoms with Gasteiger partial charge in [0, 0.05) is 18.5 Å². The monoisotopic (exact) mass is 414 g/mol. The molecule has 3 heterocycles. The van der Waals surface area contributed by atoms with Gasteiger partial charge in [-0.3, -0.25) is 4.57 Å². The van der Waals surface area contributed by atoms with Crippen molar-refractivity contribution in [3.05, 3.63) is 40.4 Å². The van der Waals surface area contributed by atoms with Crippen LogP contribution in [0.3, 0.4) is 0 Å². The number of hydrogen-bond donors (Lipinski definition) is 1. The minimum atomic E-state index is -0.325. The Bertz CT molecular complexity index is 957. The Labute approximate surface area is 176 Å². The van der Waals surface area contributed by atoms with E-state index in [1.807, 2.05) is 18.2 Å². The van der Waals surface area contributed by atoms with Crippen LogP contribution in [0.1, 0.15) is 44.1 Å². The summed E-state index contributed by atoms with van der Waals surface area (Å²) in [5.74, 6) is 1.36. The summed E-state index contributed by atoms with van der Waals surface area (Å²) in [4.78, 5) is 15.3. The summed E-state index contributed by atoms with van der Waals surface area (Å²) in [5, 5.41) is 14.8. The van der Waals surface area contributed by atoms with E-state index >= 15 is 0 Å². The molecular weight excluding hydrogens is 384 g/mol. The van der Waals surface area contributed by atoms with Crippen molar-refractivity contribution in [3.8, 4) is 17.4 Å². The average Bonchev–Trinajstić information content (AvgIpc) is 3.04. The molecule has 0 saturated carbocycles. The highest BCUT2D eigenvalue weighted by Crippen LogP contribution is 2.29. The van der Waals surface area contributed by atoms with Crippen LogP contribution in [0.15, 0.2) is 34.3 Å². The maximum Gasteiger partial charge on any atom is 0.351 e. The number of rotatable bonds is 7. The van der Waals surface area contributed by atoms with Crippen molar-refractivity contribution in [1.82, 2.24) is 14.1 Å². The Morgan fingerprint density at radius 2 is 1.97 bits per heavy atom. The zero-order chi connectivity index (χ0) is 20.9. The second-order valence-corrected chi connectivity index (χ2v) is 7.88. The molecular formula is C22H30N4O4. The molecule has 0 atom stereocenters. The van der Waals surface area contributed by atoms with Crippen molar-refractivity contribution in [2.75, 3.05) is 33.4 Å². The second-order valence-electron chi connectivity index (χ2n) is 7.88. The topological polar surface area (TPSA) is 81.2 Å². The quantitative estimate of drug-likeness (QED) is 0.705. The molecule has 1 aromatic heterocycles. The van der Waals surface area contributed by atoms with Gasteiger partial charge < -0.3 is 19.5 Å². The van der Waals surface area contributed by atoms with Crippen molar-refractivity contribution in [2.24, 2.45) is 5.10 Å². The lowest BCUT2D eigenvalue weighted by Gasteiger charge is -2.26. The highest BCUT2D eigenvalue weighted by atomic mass is 16.5. The number of hydrogen-bond acceptors (Lipinski definition) is 6. The predicted molar refractivity (Wildman–Crippen MR) is 115 cm³/mol. The first-order valence-corrected chi connectivity index (χ1v) is 10.8. The maximum atomic E-state index is 12.8. The first-order valence-electron chi connectivity index (χ1n) is 10.8. The molecule has 30 heavy (non-hydrogen) atoms. The smallest absolute Gasteiger partial charge is 0.351 e. The number of benzene rings is 1. The first kappa shape index (κ1) is 20.5. The predicted octanol–water partition coefficient (Wildman–Crippen LogP) is 2.67. The number of likely N-dealkylation sites (tertiary alicyclic amines) is 1. The van der Waals surface area contributed by atoms with Gasteiger partial charge in [-0.05, 0) is 63.5 Å². The molecule has 0 spiro atoms. The molecule has 0 aliphatic carbocycles. The molecule has 1 aromatic carbocycles. The third-order valence-corrected chi connectivity index (χ3v) is 5.82. The number of nitrogens with zero attached hydrogens (tertiary/aromatic N) is 4. The Morgan fingerprint density at radius 3 is 2.77 bits per heavy atom. The third-order valence-electron chi connectivity index (χ3n) is 5.82. The molecule has 0 bridgehead atoms. The van der Waals surface area contributed by atoms with Crippen LogP contribution in [-0.2, 0) is 6.54 Å². The fourth-order valence-electron chi connectivity index (χ4n) is 4.14. The summed E-state index contributed by atoms with van der Waals surface area (Å²) >= 11 is 0. The van der Waals surface area contributed by atoms with E-state index in [0.717, 1.165) is 36.4 Å². The van der Waals surface area contributed by atoms with Gasteiger partial charge in [-0.2, -0.15) is 9.78 Å². The number of imidazole rings is 1. The van der Waals surface area contributed by atoms with Gasteiger partial charge in [-0.25, -0.2) is 4.79 Å². The van der Waals surface area contributed by atoms with E-state index in [1.165, 1.54) is 47.8 Å². The highest BCUT2D eigenvalue weighted by molar-refractivity contribution is 6.04. The van der Waals surface area contributed by atoms with Gasteiger partial charge in [-0.1, -0.05) is 6.42 Å². The van der Waals surface area contributed by atoms with E-state index in [-0.39, 0.29) is 11.6 Å². The maximum absolute atomic E-state index is 12.8. The van der Waals surface area contributed by atoms with Gasteiger partial charge in [-0.15, -0.1) is 0 Å². The Hall–Kier alpha value is -2.74. The second kappa shape index (κ2) is 9.38. The summed E-state index contributed by atoms with van der Waals surface area (Å²) in [5.41, 5.74) is 1.22. The van der Waals surface area contributed by atoms with Crippen LogP contribution >= 0.6 is 0 Å². The van der Waals surface area contributed by atoms with Crippen LogP contribution < -0.4 is 15.2 Å². The summed E-state index contributed by atoms with van der Waals surface area (Å²) < 4.78 is 13.6. The largest absolute Gasteiger partial charge is 0.497 e. The van der Waals surface area contributed by atoms with Crippen LogP contribution in [0.25, 0.3) is 0 Å². The van der Waals surface area contributed by atoms with Gasteiger partial charge in [0.2, 0.25) is 5.88 Å². The van der Waals surface area contributed by atoms with Crippen LogP contribution in [0.2, 0.25) is 0 Å². The zero-order valence-corrected chi connectivity index (χ0v) is 17.5. The summed E-state index contributed by atoms with van der Waals surface area (Å²) in [6.07, 6.45) is 7.71. The Kier molecular flexibility index (Phi) is 6.42. The molecule has 0 radical (unpaired) electrons. The molecule has 162 valence electrons. The fourth-order valence-corrected chi connectivity index (χ4v) is 4.14. The third kappa shape index (κ3) is 4.53. The number of aromatic nitrogens is 2. The molecule has 4 rings (SSSR count). The summed E-state index contributed by atoms with van der Waals surface area (Å²) in [6.45, 7) is 4.39. The van der Waals surface area contributed by atoms with Crippen LogP contribution in [0.4, 0.5) is 0 Å². The van der Waals surface area contributed by atoms with Crippen molar-refractivity contribution >= 4 is 5.71 Å². The Balaban J connectivity index is 1.45. The van der Waals surface area contributed by atoms with E-state index in [4.69, 9.17) is 9.47 Å². The highest BCUT2D eigenvalue weighted by Gasteiger charge is 2.19. The molecule has 1 saturated heterocycles. The van der Waals surface area contributed by atoms with E-state index in [0.29, 0.717) is 25.3 Å². The summed E-state index contributed by atoms with van der Waals surface area (Å²) in [7, 11) is 1.61. The van der Waals surface area contributed by atoms with E-state index < -0.39 is 0 Å². The first-order chi connectivity index (χ1) is 14.7. The van der Waals surface area contributed by atoms with Crippen molar-refractivity contribution in [3.63, 3.8) is 0 Å². The molecule has 0 amide bonds. The Morgan fingerprint density at radius 1 is 1.17 bits per heavy atom. The molecule has 8 nitrogen and oxygen atoms in total. The zero-order valence-electron chi connectivity index (χ0n) is 17.5. The van der Waals surface area contributed by atoms with E-state index in [1.54, 1.807) is 7.11 Å². The van der Waals surface area contributed by atoms with Crippen LogP contribution in [-0.4, -0.2) is 58.3 Å². The number of aromatic hydroxyl groups is 1. The fraction of sp³-hybridized carbons (Fsp3) is 0.545. The number of fused-ring (bicyclic) bond motifs is 1. The molecule has 2 aliphatic rings. The average molecular weight is 415 g/mol. The SMILES string of the molecule is COc1ccc2c(c1)/C(=N/n1cc(O)n(CCCCN3CCCCC3)c1=O)CCO2. The van der Waals surface area contributed by atoms with E-state index in [9.17, 15) is 9.90 Å². The van der Waals surface area contributed by atoms with Gasteiger partial charge in [0.05, 0.1) is 25.6 Å². The van der Waals surface area contributed by atoms with Gasteiger partial charge in [0.1, 0.15) is 11.5 Å². The lowest BCUT2D eigenvalue weighted by atomic mass is 10.0. The molecule has 8 heteroatoms.